The normalized spacial score (nSPS) is 23.4. The van der Waals surface area contributed by atoms with Crippen molar-refractivity contribution in [3.8, 4) is 0 Å². The fourth-order valence-corrected chi connectivity index (χ4v) is 6.19. The summed E-state index contributed by atoms with van der Waals surface area (Å²) in [6, 6.07) is 7.04. The molecule has 1 saturated heterocycles. The summed E-state index contributed by atoms with van der Waals surface area (Å²) in [4.78, 5) is 15.2. The van der Waals surface area contributed by atoms with E-state index in [0.29, 0.717) is 31.4 Å². The van der Waals surface area contributed by atoms with Crippen molar-refractivity contribution in [3.05, 3.63) is 24.3 Å². The van der Waals surface area contributed by atoms with E-state index in [-0.39, 0.29) is 10.8 Å². The number of carbonyl (C=O) groups is 1. The van der Waals surface area contributed by atoms with E-state index in [1.165, 1.54) is 42.8 Å². The molecule has 2 atom stereocenters. The van der Waals surface area contributed by atoms with Crippen LogP contribution in [0.1, 0.15) is 52.4 Å². The lowest BCUT2D eigenvalue weighted by atomic mass is 9.78. The molecule has 1 heterocycles. The van der Waals surface area contributed by atoms with Crippen LogP contribution in [0.15, 0.2) is 29.2 Å². The monoisotopic (exact) mass is 407 g/mol. The highest BCUT2D eigenvalue weighted by Crippen LogP contribution is 2.35. The first kappa shape index (κ1) is 21.3. The molecule has 2 aliphatic rings. The fraction of sp³-hybridized carbons (Fsp3) is 0.667. The number of hydrogen-bond acceptors (Lipinski definition) is 4. The minimum absolute atomic E-state index is 0.0226. The highest BCUT2D eigenvalue weighted by Gasteiger charge is 2.33. The zero-order chi connectivity index (χ0) is 20.1. The highest BCUT2D eigenvalue weighted by atomic mass is 32.2. The molecule has 1 aromatic rings. The third-order valence-corrected chi connectivity index (χ3v) is 8.25. The standard InChI is InChI=1S/C21H33N3O3S/c1-3-24(4-2)28(26,27)19-13-11-18(12-14-19)22-21(25)16-23-15-7-9-17-8-5-6-10-20(17)23/h11-14,17,20H,3-10,15-16H2,1-2H3,(H,22,25)/t17-,20-/m0/s1. The number of sulfonamides is 1. The van der Waals surface area contributed by atoms with E-state index in [1.54, 1.807) is 24.3 Å². The van der Waals surface area contributed by atoms with Gasteiger partial charge in [0.2, 0.25) is 15.9 Å². The van der Waals surface area contributed by atoms with Crippen LogP contribution in [-0.2, 0) is 14.8 Å². The maximum atomic E-state index is 12.6. The number of hydrogen-bond donors (Lipinski definition) is 1. The van der Waals surface area contributed by atoms with Crippen molar-refractivity contribution in [3.63, 3.8) is 0 Å². The van der Waals surface area contributed by atoms with Crippen molar-refractivity contribution in [1.29, 1.82) is 0 Å². The van der Waals surface area contributed by atoms with Crippen LogP contribution in [0, 0.1) is 5.92 Å². The Morgan fingerprint density at radius 2 is 1.71 bits per heavy atom. The van der Waals surface area contributed by atoms with Crippen molar-refractivity contribution >= 4 is 21.6 Å². The molecule has 1 aliphatic carbocycles. The number of benzene rings is 1. The van der Waals surface area contributed by atoms with Gasteiger partial charge in [0.05, 0.1) is 11.4 Å². The number of anilines is 1. The average Bonchev–Trinajstić information content (AvgIpc) is 2.69. The topological polar surface area (TPSA) is 69.7 Å². The van der Waals surface area contributed by atoms with Gasteiger partial charge in [-0.05, 0) is 62.4 Å². The SMILES string of the molecule is CCN(CC)S(=O)(=O)c1ccc(NC(=O)CN2CCC[C@@H]3CCCC[C@@H]32)cc1. The molecule has 0 unspecified atom stereocenters. The van der Waals surface area contributed by atoms with Crippen LogP contribution in [0.2, 0.25) is 0 Å². The quantitative estimate of drug-likeness (QED) is 0.753. The predicted octanol–water partition coefficient (Wildman–Crippen LogP) is 3.31. The second-order valence-corrected chi connectivity index (χ2v) is 9.82. The number of fused-ring (bicyclic) bond motifs is 1. The molecule has 2 fully saturated rings. The molecule has 156 valence electrons. The van der Waals surface area contributed by atoms with E-state index in [1.807, 2.05) is 13.8 Å². The molecule has 6 nitrogen and oxygen atoms in total. The third kappa shape index (κ3) is 4.75. The Balaban J connectivity index is 1.60. The summed E-state index contributed by atoms with van der Waals surface area (Å²) >= 11 is 0. The minimum Gasteiger partial charge on any atom is -0.325 e. The highest BCUT2D eigenvalue weighted by molar-refractivity contribution is 7.89. The van der Waals surface area contributed by atoms with E-state index in [9.17, 15) is 13.2 Å². The molecule has 1 amide bonds. The number of nitrogens with zero attached hydrogens (tertiary/aromatic N) is 2. The first-order valence-corrected chi connectivity index (χ1v) is 12.0. The summed E-state index contributed by atoms with van der Waals surface area (Å²) in [5.74, 6) is 0.727. The number of likely N-dealkylation sites (tertiary alicyclic amines) is 1. The van der Waals surface area contributed by atoms with E-state index < -0.39 is 10.0 Å². The zero-order valence-electron chi connectivity index (χ0n) is 17.1. The maximum Gasteiger partial charge on any atom is 0.243 e. The zero-order valence-corrected chi connectivity index (χ0v) is 17.9. The van der Waals surface area contributed by atoms with Crippen LogP contribution in [0.5, 0.6) is 0 Å². The van der Waals surface area contributed by atoms with Gasteiger partial charge in [0, 0.05) is 24.8 Å². The molecule has 0 radical (unpaired) electrons. The van der Waals surface area contributed by atoms with Crippen LogP contribution in [0.4, 0.5) is 5.69 Å². The van der Waals surface area contributed by atoms with E-state index in [4.69, 9.17) is 0 Å². The van der Waals surface area contributed by atoms with Gasteiger partial charge in [-0.2, -0.15) is 4.31 Å². The van der Waals surface area contributed by atoms with E-state index >= 15 is 0 Å². The van der Waals surface area contributed by atoms with Crippen molar-refractivity contribution < 1.29 is 13.2 Å². The smallest absolute Gasteiger partial charge is 0.243 e. The minimum atomic E-state index is -3.47. The van der Waals surface area contributed by atoms with Crippen LogP contribution in [0.3, 0.4) is 0 Å². The largest absolute Gasteiger partial charge is 0.325 e. The number of carbonyl (C=O) groups excluding carboxylic acids is 1. The summed E-state index contributed by atoms with van der Waals surface area (Å²) in [5, 5.41) is 2.93. The molecule has 0 spiro atoms. The van der Waals surface area contributed by atoms with Gasteiger partial charge in [-0.15, -0.1) is 0 Å². The van der Waals surface area contributed by atoms with Crippen LogP contribution in [-0.4, -0.2) is 55.8 Å². The molecular formula is C21H33N3O3S. The lowest BCUT2D eigenvalue weighted by Crippen LogP contribution is -2.49. The van der Waals surface area contributed by atoms with Crippen molar-refractivity contribution in [2.75, 3.05) is 31.5 Å². The summed E-state index contributed by atoms with van der Waals surface area (Å²) < 4.78 is 26.5. The third-order valence-electron chi connectivity index (χ3n) is 6.19. The Morgan fingerprint density at radius 1 is 1.07 bits per heavy atom. The van der Waals surface area contributed by atoms with Gasteiger partial charge >= 0.3 is 0 Å². The Labute approximate surface area is 169 Å². The molecule has 28 heavy (non-hydrogen) atoms. The fourth-order valence-electron chi connectivity index (χ4n) is 4.73. The predicted molar refractivity (Wildman–Crippen MR) is 112 cm³/mol. The summed E-state index contributed by atoms with van der Waals surface area (Å²) in [6.07, 6.45) is 7.56. The molecular weight excluding hydrogens is 374 g/mol. The van der Waals surface area contributed by atoms with Gasteiger partial charge in [0.15, 0.2) is 0 Å². The van der Waals surface area contributed by atoms with Crippen LogP contribution < -0.4 is 5.32 Å². The molecule has 1 aliphatic heterocycles. The van der Waals surface area contributed by atoms with Crippen molar-refractivity contribution in [1.82, 2.24) is 9.21 Å². The second kappa shape index (κ2) is 9.37. The summed E-state index contributed by atoms with van der Waals surface area (Å²) in [7, 11) is -3.47. The Kier molecular flexibility index (Phi) is 7.12. The molecule has 0 aromatic heterocycles. The van der Waals surface area contributed by atoms with Gasteiger partial charge in [-0.3, -0.25) is 9.69 Å². The Hall–Kier alpha value is -1.44. The first-order chi connectivity index (χ1) is 13.5. The summed E-state index contributed by atoms with van der Waals surface area (Å²) in [6.45, 7) is 5.95. The lowest BCUT2D eigenvalue weighted by molar-refractivity contribution is -0.118. The first-order valence-electron chi connectivity index (χ1n) is 10.6. The number of amides is 1. The van der Waals surface area contributed by atoms with Gasteiger partial charge in [0.1, 0.15) is 0 Å². The number of rotatable bonds is 7. The maximum absolute atomic E-state index is 12.6. The van der Waals surface area contributed by atoms with Crippen LogP contribution >= 0.6 is 0 Å². The molecule has 1 N–H and O–H groups in total. The molecule has 1 aromatic carbocycles. The molecule has 0 bridgehead atoms. The Bertz CT molecular complexity index is 758. The van der Waals surface area contributed by atoms with Gasteiger partial charge in [-0.25, -0.2) is 8.42 Å². The molecule has 3 rings (SSSR count). The molecule has 7 heteroatoms. The van der Waals surface area contributed by atoms with Crippen molar-refractivity contribution in [2.24, 2.45) is 5.92 Å². The second-order valence-electron chi connectivity index (χ2n) is 7.89. The van der Waals surface area contributed by atoms with Gasteiger partial charge < -0.3 is 5.32 Å². The lowest BCUT2D eigenvalue weighted by Gasteiger charge is -2.43. The Morgan fingerprint density at radius 3 is 2.39 bits per heavy atom. The number of nitrogens with one attached hydrogen (secondary N) is 1. The van der Waals surface area contributed by atoms with Crippen LogP contribution in [0.25, 0.3) is 0 Å². The average molecular weight is 408 g/mol. The van der Waals surface area contributed by atoms with E-state index in [2.05, 4.69) is 10.2 Å². The van der Waals surface area contributed by atoms with E-state index in [0.717, 1.165) is 12.5 Å². The molecule has 1 saturated carbocycles. The van der Waals surface area contributed by atoms with Gasteiger partial charge in [-0.1, -0.05) is 26.7 Å². The van der Waals surface area contributed by atoms with Crippen molar-refractivity contribution in [2.45, 2.75) is 63.3 Å². The van der Waals surface area contributed by atoms with Gasteiger partial charge in [0.25, 0.3) is 0 Å². The summed E-state index contributed by atoms with van der Waals surface area (Å²) in [5.41, 5.74) is 0.640. The number of piperidine rings is 1.